The summed E-state index contributed by atoms with van der Waals surface area (Å²) in [5, 5.41) is 21.7. The molecule has 3 aromatic heterocycles. The lowest BCUT2D eigenvalue weighted by Crippen LogP contribution is -2.16. The maximum absolute atomic E-state index is 12.5. The van der Waals surface area contributed by atoms with Crippen molar-refractivity contribution in [2.75, 3.05) is 16.9 Å². The van der Waals surface area contributed by atoms with Crippen LogP contribution >= 0.6 is 23.1 Å². The number of amides is 1. The molecule has 0 atom stereocenters. The molecule has 10 heteroatoms. The summed E-state index contributed by atoms with van der Waals surface area (Å²) in [5.74, 6) is 7.18. The lowest BCUT2D eigenvalue weighted by atomic mass is 10.1. The molecule has 150 valence electrons. The minimum absolute atomic E-state index is 0.118. The van der Waals surface area contributed by atoms with Crippen LogP contribution in [0.2, 0.25) is 0 Å². The van der Waals surface area contributed by atoms with Crippen molar-refractivity contribution in [3.05, 3.63) is 34.1 Å². The van der Waals surface area contributed by atoms with Crippen molar-refractivity contribution in [3.8, 4) is 17.5 Å². The highest BCUT2D eigenvalue weighted by atomic mass is 32.2. The van der Waals surface area contributed by atoms with Crippen LogP contribution in [0.15, 0.2) is 21.9 Å². The quantitative estimate of drug-likeness (QED) is 0.362. The van der Waals surface area contributed by atoms with Crippen molar-refractivity contribution < 1.29 is 9.21 Å². The summed E-state index contributed by atoms with van der Waals surface area (Å²) in [7, 11) is 0. The van der Waals surface area contributed by atoms with Crippen LogP contribution in [-0.2, 0) is 17.6 Å². The summed E-state index contributed by atoms with van der Waals surface area (Å²) in [6.07, 6.45) is 6.86. The van der Waals surface area contributed by atoms with Gasteiger partial charge in [0.15, 0.2) is 5.82 Å². The highest BCUT2D eigenvalue weighted by molar-refractivity contribution is 7.99. The van der Waals surface area contributed by atoms with Gasteiger partial charge in [-0.05, 0) is 44.2 Å². The maximum atomic E-state index is 12.5. The molecule has 1 aliphatic rings. The van der Waals surface area contributed by atoms with Gasteiger partial charge >= 0.3 is 0 Å². The Morgan fingerprint density at radius 3 is 3.00 bits per heavy atom. The van der Waals surface area contributed by atoms with Gasteiger partial charge in [0.05, 0.1) is 23.1 Å². The number of fused-ring (bicyclic) bond motifs is 1. The van der Waals surface area contributed by atoms with Gasteiger partial charge in [0, 0.05) is 4.88 Å². The van der Waals surface area contributed by atoms with E-state index in [1.165, 1.54) is 39.1 Å². The number of thioether (sulfide) groups is 1. The molecular weight excluding hydrogens is 408 g/mol. The number of carbonyl (C=O) groups excluding carboxylic acids is 1. The van der Waals surface area contributed by atoms with Gasteiger partial charge in [-0.15, -0.1) is 21.5 Å². The van der Waals surface area contributed by atoms with E-state index in [1.54, 1.807) is 12.3 Å². The van der Waals surface area contributed by atoms with Gasteiger partial charge in [-0.1, -0.05) is 18.2 Å². The average molecular weight is 429 g/mol. The molecule has 0 saturated carbocycles. The number of nitrogens with two attached hydrogens (primary N) is 1. The van der Waals surface area contributed by atoms with E-state index >= 15 is 0 Å². The van der Waals surface area contributed by atoms with E-state index in [1.807, 2.05) is 6.92 Å². The average Bonchev–Trinajstić information content (AvgIpc) is 3.32. The summed E-state index contributed by atoms with van der Waals surface area (Å²) in [6, 6.07) is 4.05. The first-order valence-corrected chi connectivity index (χ1v) is 11.1. The molecule has 29 heavy (non-hydrogen) atoms. The highest BCUT2D eigenvalue weighted by Gasteiger charge is 2.22. The molecule has 0 radical (unpaired) electrons. The predicted octanol–water partition coefficient (Wildman–Crippen LogP) is 3.49. The van der Waals surface area contributed by atoms with E-state index in [0.717, 1.165) is 36.8 Å². The fourth-order valence-electron chi connectivity index (χ4n) is 3.42. The monoisotopic (exact) mass is 428 g/mol. The first-order valence-electron chi connectivity index (χ1n) is 9.30. The number of nitriles is 1. The minimum atomic E-state index is -0.202. The zero-order chi connectivity index (χ0) is 20.4. The summed E-state index contributed by atoms with van der Waals surface area (Å²) in [5.41, 5.74) is 2.49. The Kier molecular flexibility index (Phi) is 5.60. The van der Waals surface area contributed by atoms with Gasteiger partial charge in [-0.25, -0.2) is 4.68 Å². The van der Waals surface area contributed by atoms with Gasteiger partial charge in [-0.3, -0.25) is 4.79 Å². The molecule has 1 amide bonds. The molecule has 3 N–H and O–H groups in total. The number of aryl methyl sites for hydroxylation is 2. The van der Waals surface area contributed by atoms with Crippen LogP contribution in [0.3, 0.4) is 0 Å². The molecule has 1 aliphatic carbocycles. The second kappa shape index (κ2) is 8.31. The zero-order valence-corrected chi connectivity index (χ0v) is 17.5. The molecule has 8 nitrogen and oxygen atoms in total. The van der Waals surface area contributed by atoms with Crippen LogP contribution < -0.4 is 11.2 Å². The van der Waals surface area contributed by atoms with Gasteiger partial charge in [0.25, 0.3) is 0 Å². The summed E-state index contributed by atoms with van der Waals surface area (Å²) in [6.45, 7) is 1.82. The Bertz CT molecular complexity index is 1090. The number of anilines is 1. The van der Waals surface area contributed by atoms with Crippen molar-refractivity contribution in [2.45, 2.75) is 44.2 Å². The number of nitrogens with zero attached hydrogens (tertiary/aromatic N) is 4. The lowest BCUT2D eigenvalue weighted by molar-refractivity contribution is -0.113. The summed E-state index contributed by atoms with van der Waals surface area (Å²) < 4.78 is 6.63. The number of nitrogens with one attached hydrogen (secondary N) is 1. The number of nitrogen functional groups attached to an aromatic ring is 1. The van der Waals surface area contributed by atoms with Gasteiger partial charge in [0.1, 0.15) is 16.8 Å². The minimum Gasteiger partial charge on any atom is -0.469 e. The second-order valence-electron chi connectivity index (χ2n) is 6.78. The van der Waals surface area contributed by atoms with Crippen molar-refractivity contribution in [2.24, 2.45) is 0 Å². The van der Waals surface area contributed by atoms with Crippen molar-refractivity contribution in [1.82, 2.24) is 14.9 Å². The lowest BCUT2D eigenvalue weighted by Gasteiger charge is -2.05. The van der Waals surface area contributed by atoms with E-state index in [9.17, 15) is 10.1 Å². The van der Waals surface area contributed by atoms with Gasteiger partial charge < -0.3 is 15.6 Å². The number of carbonyl (C=O) groups is 1. The molecule has 3 heterocycles. The normalized spacial score (nSPS) is 13.5. The molecule has 0 aromatic carbocycles. The maximum Gasteiger partial charge on any atom is 0.235 e. The standard InChI is InChI=1S/C19H20N6O2S2/c1-11-12(7-8-27-11)17-23-24-19(25(17)21)28-10-16(26)22-18-14(9-20)13-5-3-2-4-6-15(13)29-18/h7-8H,2-6,10,21H2,1H3,(H,22,26). The van der Waals surface area contributed by atoms with Gasteiger partial charge in [-0.2, -0.15) is 5.26 Å². The fourth-order valence-corrected chi connectivity index (χ4v) is 5.33. The van der Waals surface area contributed by atoms with Crippen molar-refractivity contribution in [3.63, 3.8) is 0 Å². The van der Waals surface area contributed by atoms with Crippen LogP contribution in [0, 0.1) is 18.3 Å². The Labute approximate surface area is 176 Å². The molecule has 0 spiro atoms. The van der Waals surface area contributed by atoms with Crippen LogP contribution in [0.1, 0.15) is 41.0 Å². The second-order valence-corrected chi connectivity index (χ2v) is 8.83. The third-order valence-electron chi connectivity index (χ3n) is 4.88. The van der Waals surface area contributed by atoms with E-state index in [2.05, 4.69) is 21.6 Å². The number of hydrogen-bond acceptors (Lipinski definition) is 8. The van der Waals surface area contributed by atoms with Gasteiger partial charge in [0.2, 0.25) is 11.1 Å². The Morgan fingerprint density at radius 1 is 1.41 bits per heavy atom. The molecule has 0 bridgehead atoms. The van der Waals surface area contributed by atoms with Crippen LogP contribution in [0.4, 0.5) is 5.00 Å². The third-order valence-corrected chi connectivity index (χ3v) is 7.03. The predicted molar refractivity (Wildman–Crippen MR) is 112 cm³/mol. The highest BCUT2D eigenvalue weighted by Crippen LogP contribution is 2.37. The van der Waals surface area contributed by atoms with Crippen molar-refractivity contribution in [1.29, 1.82) is 5.26 Å². The van der Waals surface area contributed by atoms with Crippen molar-refractivity contribution >= 4 is 34.0 Å². The van der Waals surface area contributed by atoms with E-state index in [4.69, 9.17) is 10.3 Å². The number of thiophene rings is 1. The smallest absolute Gasteiger partial charge is 0.235 e. The summed E-state index contributed by atoms with van der Waals surface area (Å²) >= 11 is 2.72. The summed E-state index contributed by atoms with van der Waals surface area (Å²) in [4.78, 5) is 13.7. The topological polar surface area (TPSA) is 123 Å². The van der Waals surface area contributed by atoms with E-state index < -0.39 is 0 Å². The molecular formula is C19H20N6O2S2. The molecule has 0 unspecified atom stereocenters. The largest absolute Gasteiger partial charge is 0.469 e. The molecule has 0 aliphatic heterocycles. The Hall–Kier alpha value is -2.77. The van der Waals surface area contributed by atoms with Crippen LogP contribution in [0.25, 0.3) is 11.4 Å². The SMILES string of the molecule is Cc1occc1-c1nnc(SCC(=O)Nc2sc3c(c2C#N)CCCCC3)n1N. The zero-order valence-electron chi connectivity index (χ0n) is 15.9. The molecule has 3 aromatic rings. The van der Waals surface area contributed by atoms with Crippen LogP contribution in [-0.4, -0.2) is 26.5 Å². The number of aromatic nitrogens is 3. The molecule has 0 saturated heterocycles. The Balaban J connectivity index is 1.44. The fraction of sp³-hybridized carbons (Fsp3) is 0.368. The molecule has 0 fully saturated rings. The van der Waals surface area contributed by atoms with E-state index in [0.29, 0.717) is 27.3 Å². The number of rotatable bonds is 5. The third kappa shape index (κ3) is 3.88. The first-order chi connectivity index (χ1) is 14.1. The number of hydrogen-bond donors (Lipinski definition) is 2. The first kappa shape index (κ1) is 19.5. The Morgan fingerprint density at radius 2 is 2.24 bits per heavy atom. The number of furan rings is 1. The molecule has 4 rings (SSSR count). The van der Waals surface area contributed by atoms with Crippen LogP contribution in [0.5, 0.6) is 0 Å². The van der Waals surface area contributed by atoms with E-state index in [-0.39, 0.29) is 11.7 Å².